The number of hydrogen-bond acceptors (Lipinski definition) is 1. The fraction of sp³-hybridized carbons (Fsp3) is 0.571. The van der Waals surface area contributed by atoms with Crippen LogP contribution in [0.3, 0.4) is 0 Å². The van der Waals surface area contributed by atoms with E-state index in [1.165, 1.54) is 3.67 Å². The zero-order chi connectivity index (χ0) is 7.28. The Morgan fingerprint density at radius 2 is 2.22 bits per heavy atom. The predicted molar refractivity (Wildman–Crippen MR) is 43.9 cm³/mol. The van der Waals surface area contributed by atoms with E-state index < -0.39 is 0 Å². The Hall–Kier alpha value is 0.200. The summed E-state index contributed by atoms with van der Waals surface area (Å²) < 4.78 is 1.42. The van der Waals surface area contributed by atoms with Gasteiger partial charge in [0.1, 0.15) is 0 Å². The van der Waals surface area contributed by atoms with Gasteiger partial charge in [-0.25, -0.2) is 0 Å². The predicted octanol–water partition coefficient (Wildman–Crippen LogP) is 0.813. The van der Waals surface area contributed by atoms with Crippen molar-refractivity contribution in [1.82, 2.24) is 4.90 Å². The summed E-state index contributed by atoms with van der Waals surface area (Å²) in [6, 6.07) is 0. The van der Waals surface area contributed by atoms with Crippen LogP contribution in [-0.4, -0.2) is 44.5 Å². The quantitative estimate of drug-likeness (QED) is 0.518. The summed E-state index contributed by atoms with van der Waals surface area (Å²) in [6.45, 7) is 3.66. The molecule has 0 radical (unpaired) electrons. The summed E-state index contributed by atoms with van der Waals surface area (Å²) in [4.78, 5) is 2.15. The van der Waals surface area contributed by atoms with Crippen LogP contribution in [0, 0.1) is 0 Å². The van der Waals surface area contributed by atoms with Crippen molar-refractivity contribution >= 4 is 25.5 Å². The summed E-state index contributed by atoms with van der Waals surface area (Å²) in [5, 5.41) is 0. The van der Waals surface area contributed by atoms with Crippen molar-refractivity contribution in [3.8, 4) is 0 Å². The molecule has 0 saturated heterocycles. The summed E-state index contributed by atoms with van der Waals surface area (Å²) in [7, 11) is 4.14. The fourth-order valence-electron chi connectivity index (χ4n) is 0.449. The van der Waals surface area contributed by atoms with Crippen LogP contribution in [0.1, 0.15) is 12.8 Å². The normalized spacial score (nSPS) is 8.67. The van der Waals surface area contributed by atoms with E-state index in [4.69, 9.17) is 0 Å². The van der Waals surface area contributed by atoms with E-state index in [-0.39, 0.29) is 0 Å². The van der Waals surface area contributed by atoms with Crippen LogP contribution < -0.4 is 0 Å². The van der Waals surface area contributed by atoms with Gasteiger partial charge in [-0.3, -0.25) is 0 Å². The zero-order valence-corrected chi connectivity index (χ0v) is 8.38. The molecule has 0 heterocycles. The second-order valence-corrected chi connectivity index (χ2v) is 3.46. The van der Waals surface area contributed by atoms with Crippen molar-refractivity contribution in [2.75, 3.05) is 14.1 Å². The number of allylic oxidation sites excluding steroid dienone is 1. The number of nitrogens with zero attached hydrogens (tertiary/aromatic N) is 1. The monoisotopic (exact) mass is 241 g/mol. The summed E-state index contributed by atoms with van der Waals surface area (Å²) in [6.07, 6.45) is 4.18. The first-order valence-corrected chi connectivity index (χ1v) is 4.16. The molecular formula is C7H13NTe. The van der Waals surface area contributed by atoms with E-state index >= 15 is 0 Å². The van der Waals surface area contributed by atoms with Crippen molar-refractivity contribution in [3.05, 3.63) is 12.7 Å². The SMILES string of the molecule is C=CCCC(=[Te])N(C)C. The third-order valence-electron chi connectivity index (χ3n) is 1.06. The van der Waals surface area contributed by atoms with Gasteiger partial charge >= 0.3 is 70.0 Å². The third-order valence-corrected chi connectivity index (χ3v) is 2.69. The molecule has 0 rings (SSSR count). The maximum atomic E-state index is 3.66. The molecule has 0 atom stereocenters. The van der Waals surface area contributed by atoms with E-state index in [9.17, 15) is 0 Å². The molecule has 0 unspecified atom stereocenters. The van der Waals surface area contributed by atoms with Crippen molar-refractivity contribution < 1.29 is 0 Å². The van der Waals surface area contributed by atoms with Gasteiger partial charge in [-0.1, -0.05) is 0 Å². The van der Waals surface area contributed by atoms with E-state index in [2.05, 4.69) is 47.4 Å². The van der Waals surface area contributed by atoms with Crippen molar-refractivity contribution in [2.45, 2.75) is 12.8 Å². The van der Waals surface area contributed by atoms with Gasteiger partial charge in [-0.15, -0.1) is 0 Å². The maximum absolute atomic E-state index is 3.66. The molecule has 1 nitrogen and oxygen atoms in total. The summed E-state index contributed by atoms with van der Waals surface area (Å²) in [5.74, 6) is 0. The zero-order valence-electron chi connectivity index (χ0n) is 6.05. The van der Waals surface area contributed by atoms with Gasteiger partial charge in [0, 0.05) is 0 Å². The Morgan fingerprint density at radius 1 is 1.67 bits per heavy atom. The van der Waals surface area contributed by atoms with E-state index in [0.29, 0.717) is 0 Å². The third kappa shape index (κ3) is 4.69. The van der Waals surface area contributed by atoms with Gasteiger partial charge in [0.15, 0.2) is 0 Å². The van der Waals surface area contributed by atoms with Crippen molar-refractivity contribution in [1.29, 1.82) is 0 Å². The van der Waals surface area contributed by atoms with Gasteiger partial charge in [-0.05, 0) is 0 Å². The molecule has 0 aromatic heterocycles. The van der Waals surface area contributed by atoms with Gasteiger partial charge in [0.2, 0.25) is 0 Å². The van der Waals surface area contributed by atoms with E-state index in [1.807, 2.05) is 6.08 Å². The second kappa shape index (κ2) is 5.02. The molecule has 0 amide bonds. The molecule has 9 heavy (non-hydrogen) atoms. The first kappa shape index (κ1) is 9.20. The first-order valence-electron chi connectivity index (χ1n) is 2.99. The number of hydrogen-bond donors (Lipinski definition) is 0. The first-order chi connectivity index (χ1) is 4.18. The molecule has 0 aliphatic heterocycles. The average molecular weight is 239 g/mol. The van der Waals surface area contributed by atoms with Crippen LogP contribution >= 0.6 is 0 Å². The molecule has 0 aromatic carbocycles. The van der Waals surface area contributed by atoms with Gasteiger partial charge in [-0.2, -0.15) is 0 Å². The minimum absolute atomic E-state index is 1.09. The Labute approximate surface area is 70.1 Å². The molecular weight excluding hydrogens is 226 g/mol. The molecule has 0 fully saturated rings. The molecule has 0 aliphatic carbocycles. The fourth-order valence-corrected chi connectivity index (χ4v) is 0.786. The standard InChI is InChI=1S/C7H13NTe/c1-4-5-6-7(9)8(2)3/h4H,1,5-6H2,2-3H3. The molecule has 0 aromatic rings. The van der Waals surface area contributed by atoms with E-state index in [0.717, 1.165) is 12.8 Å². The van der Waals surface area contributed by atoms with Gasteiger partial charge in [0.05, 0.1) is 0 Å². The molecule has 0 aliphatic rings. The van der Waals surface area contributed by atoms with Crippen LogP contribution in [0.4, 0.5) is 0 Å². The summed E-state index contributed by atoms with van der Waals surface area (Å²) in [5.41, 5.74) is 0. The Balaban J connectivity index is 3.38. The van der Waals surface area contributed by atoms with Crippen molar-refractivity contribution in [2.24, 2.45) is 0 Å². The Morgan fingerprint density at radius 3 is 2.56 bits per heavy atom. The Kier molecular flexibility index (Phi) is 5.13. The van der Waals surface area contributed by atoms with Crippen LogP contribution in [-0.2, 0) is 0 Å². The van der Waals surface area contributed by atoms with Crippen LogP contribution in [0.15, 0.2) is 12.7 Å². The molecule has 2 heteroatoms. The van der Waals surface area contributed by atoms with Gasteiger partial charge < -0.3 is 0 Å². The van der Waals surface area contributed by atoms with Crippen LogP contribution in [0.2, 0.25) is 0 Å². The second-order valence-electron chi connectivity index (χ2n) is 2.12. The van der Waals surface area contributed by atoms with Crippen molar-refractivity contribution in [3.63, 3.8) is 0 Å². The molecule has 0 spiro atoms. The van der Waals surface area contributed by atoms with E-state index in [1.54, 1.807) is 0 Å². The molecule has 52 valence electrons. The molecule has 0 saturated carbocycles. The van der Waals surface area contributed by atoms with Crippen LogP contribution in [0.25, 0.3) is 0 Å². The van der Waals surface area contributed by atoms with Crippen LogP contribution in [0.5, 0.6) is 0 Å². The molecule has 0 N–H and O–H groups in total. The minimum atomic E-state index is 1.09. The molecule has 0 bridgehead atoms. The summed E-state index contributed by atoms with van der Waals surface area (Å²) >= 11 is 2.07. The topological polar surface area (TPSA) is 3.24 Å². The Bertz CT molecular complexity index is 107. The van der Waals surface area contributed by atoms with Gasteiger partial charge in [0.25, 0.3) is 0 Å². The number of rotatable bonds is 4. The average Bonchev–Trinajstić information content (AvgIpc) is 1.82.